The Morgan fingerprint density at radius 2 is 2.20 bits per heavy atom. The summed E-state index contributed by atoms with van der Waals surface area (Å²) in [6, 6.07) is 4.40. The molecule has 0 saturated heterocycles. The van der Waals surface area contributed by atoms with Crippen LogP contribution in [-0.2, 0) is 6.42 Å². The number of rotatable bonds is 2. The third-order valence-corrected chi connectivity index (χ3v) is 3.47. The van der Waals surface area contributed by atoms with E-state index in [9.17, 15) is 0 Å². The first-order valence-corrected chi connectivity index (χ1v) is 6.27. The fourth-order valence-electron chi connectivity index (χ4n) is 1.87. The molecular formula is C12H15IN2. The highest BCUT2D eigenvalue weighted by molar-refractivity contribution is 14.1. The molecule has 0 aliphatic heterocycles. The van der Waals surface area contributed by atoms with E-state index >= 15 is 0 Å². The zero-order valence-electron chi connectivity index (χ0n) is 9.29. The second-order valence-electron chi connectivity index (χ2n) is 4.07. The molecule has 80 valence electrons. The van der Waals surface area contributed by atoms with Crippen LogP contribution in [0.5, 0.6) is 0 Å². The van der Waals surface area contributed by atoms with Crippen molar-refractivity contribution >= 4 is 33.9 Å². The van der Waals surface area contributed by atoms with Gasteiger partial charge < -0.3 is 0 Å². The summed E-state index contributed by atoms with van der Waals surface area (Å²) in [4.78, 5) is 4.73. The largest absolute Gasteiger partial charge is 0.274 e. The molecule has 0 aromatic carbocycles. The number of fused-ring (bicyclic) bond motifs is 1. The number of aryl methyl sites for hydroxylation is 1. The van der Waals surface area contributed by atoms with E-state index in [1.165, 1.54) is 16.6 Å². The molecule has 2 aromatic rings. The molecular weight excluding hydrogens is 299 g/mol. The summed E-state index contributed by atoms with van der Waals surface area (Å²) in [5.74, 6) is 0.550. The molecule has 0 radical (unpaired) electrons. The number of hydrogen-bond acceptors (Lipinski definition) is 1. The zero-order chi connectivity index (χ0) is 11.0. The third kappa shape index (κ3) is 1.89. The Morgan fingerprint density at radius 3 is 2.80 bits per heavy atom. The molecule has 3 heteroatoms. The lowest BCUT2D eigenvalue weighted by Crippen LogP contribution is -1.99. The maximum atomic E-state index is 4.73. The fourth-order valence-corrected chi connectivity index (χ4v) is 2.41. The van der Waals surface area contributed by atoms with E-state index in [2.05, 4.69) is 64.7 Å². The second-order valence-corrected chi connectivity index (χ2v) is 5.11. The highest BCUT2D eigenvalue weighted by Crippen LogP contribution is 2.25. The maximum absolute atomic E-state index is 4.73. The summed E-state index contributed by atoms with van der Waals surface area (Å²) < 4.78 is 2.05. The highest BCUT2D eigenvalue weighted by atomic mass is 127. The smallest absolute Gasteiger partial charge is 0.149 e. The molecule has 0 fully saturated rings. The molecule has 2 nitrogen and oxygen atoms in total. The monoisotopic (exact) mass is 314 g/mol. The van der Waals surface area contributed by atoms with E-state index in [1.807, 2.05) is 0 Å². The van der Waals surface area contributed by atoms with Crippen molar-refractivity contribution in [1.82, 2.24) is 7.76 Å². The predicted molar refractivity (Wildman–Crippen MR) is 72.6 cm³/mol. The Labute approximate surface area is 104 Å². The fraction of sp³-hybridized carbons (Fsp3) is 0.417. The summed E-state index contributed by atoms with van der Waals surface area (Å²) >= 11 is 2.27. The van der Waals surface area contributed by atoms with E-state index in [0.717, 1.165) is 12.1 Å². The van der Waals surface area contributed by atoms with Crippen molar-refractivity contribution in [3.05, 3.63) is 29.6 Å². The van der Waals surface area contributed by atoms with Crippen molar-refractivity contribution in [2.75, 3.05) is 0 Å². The van der Waals surface area contributed by atoms with E-state index in [4.69, 9.17) is 4.98 Å². The SMILES string of the molecule is CCc1nc2c(ccn2I)cc1C(C)C. The molecule has 2 aromatic heterocycles. The van der Waals surface area contributed by atoms with E-state index in [-0.39, 0.29) is 0 Å². The van der Waals surface area contributed by atoms with Crippen molar-refractivity contribution in [1.29, 1.82) is 0 Å². The van der Waals surface area contributed by atoms with Gasteiger partial charge in [0.25, 0.3) is 0 Å². The van der Waals surface area contributed by atoms with Gasteiger partial charge in [-0.2, -0.15) is 0 Å². The summed E-state index contributed by atoms with van der Waals surface area (Å²) in [5.41, 5.74) is 3.69. The number of pyridine rings is 1. The van der Waals surface area contributed by atoms with Crippen LogP contribution in [0.25, 0.3) is 11.0 Å². The van der Waals surface area contributed by atoms with Crippen LogP contribution >= 0.6 is 22.9 Å². The molecule has 0 aliphatic rings. The summed E-state index contributed by atoms with van der Waals surface area (Å²) in [7, 11) is 0. The van der Waals surface area contributed by atoms with Gasteiger partial charge in [0.15, 0.2) is 0 Å². The van der Waals surface area contributed by atoms with E-state index < -0.39 is 0 Å². The van der Waals surface area contributed by atoms with Gasteiger partial charge in [0.05, 0.1) is 22.9 Å². The maximum Gasteiger partial charge on any atom is 0.149 e. The first-order valence-electron chi connectivity index (χ1n) is 5.30. The lowest BCUT2D eigenvalue weighted by Gasteiger charge is -2.10. The van der Waals surface area contributed by atoms with Gasteiger partial charge in [-0.15, -0.1) is 0 Å². The minimum atomic E-state index is 0.550. The predicted octanol–water partition coefficient (Wildman–Crippen LogP) is 3.92. The molecule has 0 unspecified atom stereocenters. The molecule has 2 rings (SSSR count). The van der Waals surface area contributed by atoms with Gasteiger partial charge in [-0.25, -0.2) is 4.98 Å². The van der Waals surface area contributed by atoms with Crippen LogP contribution in [-0.4, -0.2) is 7.76 Å². The van der Waals surface area contributed by atoms with Gasteiger partial charge in [0.2, 0.25) is 0 Å². The molecule has 0 saturated carbocycles. The first kappa shape index (κ1) is 10.9. The number of halogens is 1. The van der Waals surface area contributed by atoms with Crippen molar-refractivity contribution < 1.29 is 0 Å². The summed E-state index contributed by atoms with van der Waals surface area (Å²) in [5, 5.41) is 1.24. The van der Waals surface area contributed by atoms with Crippen molar-refractivity contribution in [3.8, 4) is 0 Å². The van der Waals surface area contributed by atoms with Crippen LogP contribution in [0.1, 0.15) is 37.9 Å². The Balaban J connectivity index is 2.71. The first-order chi connectivity index (χ1) is 7.13. The zero-order valence-corrected chi connectivity index (χ0v) is 11.4. The Morgan fingerprint density at radius 1 is 1.47 bits per heavy atom. The quantitative estimate of drug-likeness (QED) is 0.768. The molecule has 0 aliphatic carbocycles. The number of nitrogens with zero attached hydrogens (tertiary/aromatic N) is 2. The molecule has 0 bridgehead atoms. The van der Waals surface area contributed by atoms with Crippen LogP contribution in [0, 0.1) is 0 Å². The number of hydrogen-bond donors (Lipinski definition) is 0. The molecule has 0 spiro atoms. The van der Waals surface area contributed by atoms with Gasteiger partial charge >= 0.3 is 0 Å². The summed E-state index contributed by atoms with van der Waals surface area (Å²) in [6.07, 6.45) is 3.06. The minimum Gasteiger partial charge on any atom is -0.274 e. The molecule has 2 heterocycles. The summed E-state index contributed by atoms with van der Waals surface area (Å²) in [6.45, 7) is 6.62. The Kier molecular flexibility index (Phi) is 3.00. The van der Waals surface area contributed by atoms with Gasteiger partial charge in [-0.1, -0.05) is 20.8 Å². The minimum absolute atomic E-state index is 0.550. The Bertz CT molecular complexity index is 486. The van der Waals surface area contributed by atoms with Crippen LogP contribution in [0.2, 0.25) is 0 Å². The van der Waals surface area contributed by atoms with Gasteiger partial charge in [0.1, 0.15) is 5.65 Å². The molecule has 0 atom stereocenters. The van der Waals surface area contributed by atoms with Crippen LogP contribution in [0.4, 0.5) is 0 Å². The highest BCUT2D eigenvalue weighted by Gasteiger charge is 2.10. The van der Waals surface area contributed by atoms with E-state index in [1.54, 1.807) is 0 Å². The average Bonchev–Trinajstić information content (AvgIpc) is 2.58. The molecule has 0 N–H and O–H groups in total. The normalized spacial score (nSPS) is 11.5. The van der Waals surface area contributed by atoms with Crippen LogP contribution in [0.3, 0.4) is 0 Å². The lowest BCUT2D eigenvalue weighted by atomic mass is 9.99. The lowest BCUT2D eigenvalue weighted by molar-refractivity contribution is 0.829. The molecule has 0 amide bonds. The van der Waals surface area contributed by atoms with Crippen molar-refractivity contribution in [2.24, 2.45) is 0 Å². The van der Waals surface area contributed by atoms with Gasteiger partial charge in [0, 0.05) is 17.3 Å². The number of aromatic nitrogens is 2. The van der Waals surface area contributed by atoms with Crippen LogP contribution in [0.15, 0.2) is 18.3 Å². The second kappa shape index (κ2) is 4.12. The van der Waals surface area contributed by atoms with Crippen molar-refractivity contribution in [3.63, 3.8) is 0 Å². The molecule has 15 heavy (non-hydrogen) atoms. The van der Waals surface area contributed by atoms with Crippen molar-refractivity contribution in [2.45, 2.75) is 33.1 Å². The standard InChI is InChI=1S/C12H15IN2/c1-4-11-10(8(2)3)7-9-5-6-15(13)12(9)14-11/h5-8H,4H2,1-3H3. The van der Waals surface area contributed by atoms with Crippen LogP contribution < -0.4 is 0 Å². The third-order valence-electron chi connectivity index (χ3n) is 2.69. The Hall–Kier alpha value is -0.580. The topological polar surface area (TPSA) is 17.8 Å². The van der Waals surface area contributed by atoms with Gasteiger partial charge in [-0.3, -0.25) is 2.78 Å². The van der Waals surface area contributed by atoms with Gasteiger partial charge in [-0.05, 0) is 30.0 Å². The van der Waals surface area contributed by atoms with E-state index in [0.29, 0.717) is 5.92 Å². The average molecular weight is 314 g/mol.